The highest BCUT2D eigenvalue weighted by atomic mass is 16.6. The van der Waals surface area contributed by atoms with Gasteiger partial charge in [0.2, 0.25) is 5.91 Å². The second-order valence-electron chi connectivity index (χ2n) is 6.17. The molecule has 0 saturated carbocycles. The molecule has 1 aliphatic rings. The van der Waals surface area contributed by atoms with Crippen LogP contribution in [-0.4, -0.2) is 48.7 Å². The van der Waals surface area contributed by atoms with E-state index >= 15 is 0 Å². The molecule has 1 saturated heterocycles. The molecule has 0 bridgehead atoms. The van der Waals surface area contributed by atoms with Crippen LogP contribution in [0.1, 0.15) is 40.0 Å². The molecule has 1 heterocycles. The number of likely N-dealkylation sites (tertiary alicyclic amines) is 1. The van der Waals surface area contributed by atoms with E-state index in [0.29, 0.717) is 39.0 Å². The van der Waals surface area contributed by atoms with Crippen molar-refractivity contribution in [2.75, 3.05) is 26.2 Å². The molecule has 0 aliphatic carbocycles. The zero-order valence-corrected chi connectivity index (χ0v) is 12.8. The molecule has 3 N–H and O–H groups in total. The molecule has 0 aromatic carbocycles. The maximum absolute atomic E-state index is 11.9. The lowest BCUT2D eigenvalue weighted by molar-refractivity contribution is -0.126. The SMILES string of the molecule is CC(C)(C)OC(=O)N1CCC(C(=O)NCCCN)CC1. The summed E-state index contributed by atoms with van der Waals surface area (Å²) in [6, 6.07) is 0. The largest absolute Gasteiger partial charge is 0.444 e. The number of hydrogen-bond donors (Lipinski definition) is 2. The quantitative estimate of drug-likeness (QED) is 0.757. The van der Waals surface area contributed by atoms with E-state index in [2.05, 4.69) is 5.32 Å². The Morgan fingerprint density at radius 1 is 1.30 bits per heavy atom. The molecule has 0 aromatic heterocycles. The van der Waals surface area contributed by atoms with Crippen LogP contribution in [0.4, 0.5) is 4.79 Å². The average Bonchev–Trinajstić information content (AvgIpc) is 2.37. The van der Waals surface area contributed by atoms with Gasteiger partial charge in [-0.3, -0.25) is 4.79 Å². The minimum Gasteiger partial charge on any atom is -0.444 e. The van der Waals surface area contributed by atoms with E-state index < -0.39 is 5.60 Å². The maximum Gasteiger partial charge on any atom is 0.410 e. The van der Waals surface area contributed by atoms with Crippen LogP contribution in [0, 0.1) is 5.92 Å². The van der Waals surface area contributed by atoms with Crippen LogP contribution in [-0.2, 0) is 9.53 Å². The van der Waals surface area contributed by atoms with Gasteiger partial charge < -0.3 is 20.7 Å². The van der Waals surface area contributed by atoms with Crippen LogP contribution in [0.2, 0.25) is 0 Å². The third-order valence-corrected chi connectivity index (χ3v) is 3.20. The molecule has 0 atom stereocenters. The lowest BCUT2D eigenvalue weighted by Gasteiger charge is -2.32. The van der Waals surface area contributed by atoms with Gasteiger partial charge in [0.05, 0.1) is 0 Å². The highest BCUT2D eigenvalue weighted by Crippen LogP contribution is 2.19. The number of nitrogens with two attached hydrogens (primary N) is 1. The number of hydrogen-bond acceptors (Lipinski definition) is 4. The van der Waals surface area contributed by atoms with E-state index in [1.807, 2.05) is 20.8 Å². The Morgan fingerprint density at radius 3 is 2.40 bits per heavy atom. The minimum absolute atomic E-state index is 0.00791. The Balaban J connectivity index is 2.32. The van der Waals surface area contributed by atoms with E-state index in [1.165, 1.54) is 0 Å². The van der Waals surface area contributed by atoms with Crippen LogP contribution in [0.5, 0.6) is 0 Å². The van der Waals surface area contributed by atoms with E-state index in [-0.39, 0.29) is 17.9 Å². The molecule has 116 valence electrons. The number of nitrogens with zero attached hydrogens (tertiary/aromatic N) is 1. The summed E-state index contributed by atoms with van der Waals surface area (Å²) in [5.74, 6) is 0.0637. The number of carbonyl (C=O) groups excluding carboxylic acids is 2. The fourth-order valence-electron chi connectivity index (χ4n) is 2.11. The Labute approximate surface area is 121 Å². The molecule has 1 rings (SSSR count). The third-order valence-electron chi connectivity index (χ3n) is 3.20. The van der Waals surface area contributed by atoms with Crippen molar-refractivity contribution in [1.82, 2.24) is 10.2 Å². The Morgan fingerprint density at radius 2 is 1.90 bits per heavy atom. The second-order valence-corrected chi connectivity index (χ2v) is 6.17. The Hall–Kier alpha value is -1.30. The molecular weight excluding hydrogens is 258 g/mol. The van der Waals surface area contributed by atoms with E-state index in [4.69, 9.17) is 10.5 Å². The summed E-state index contributed by atoms with van der Waals surface area (Å²) in [5, 5.41) is 2.88. The molecule has 6 nitrogen and oxygen atoms in total. The van der Waals surface area contributed by atoms with Crippen molar-refractivity contribution in [2.45, 2.75) is 45.6 Å². The Bertz CT molecular complexity index is 331. The lowest BCUT2D eigenvalue weighted by Crippen LogP contribution is -2.45. The van der Waals surface area contributed by atoms with Crippen molar-refractivity contribution < 1.29 is 14.3 Å². The van der Waals surface area contributed by atoms with Crippen molar-refractivity contribution in [3.63, 3.8) is 0 Å². The zero-order chi connectivity index (χ0) is 15.2. The fraction of sp³-hybridized carbons (Fsp3) is 0.857. The molecule has 0 aromatic rings. The normalized spacial score (nSPS) is 16.9. The van der Waals surface area contributed by atoms with Crippen LogP contribution in [0.25, 0.3) is 0 Å². The summed E-state index contributed by atoms with van der Waals surface area (Å²) >= 11 is 0. The van der Waals surface area contributed by atoms with Crippen LogP contribution >= 0.6 is 0 Å². The first kappa shape index (κ1) is 16.8. The van der Waals surface area contributed by atoms with E-state index in [9.17, 15) is 9.59 Å². The summed E-state index contributed by atoms with van der Waals surface area (Å²) in [6.45, 7) is 7.90. The fourth-order valence-corrected chi connectivity index (χ4v) is 2.11. The van der Waals surface area contributed by atoms with Gasteiger partial charge >= 0.3 is 6.09 Å². The van der Waals surface area contributed by atoms with Crippen molar-refractivity contribution in [3.8, 4) is 0 Å². The number of amides is 2. The highest BCUT2D eigenvalue weighted by Gasteiger charge is 2.29. The van der Waals surface area contributed by atoms with Crippen molar-refractivity contribution in [2.24, 2.45) is 11.7 Å². The topological polar surface area (TPSA) is 84.7 Å². The molecule has 2 amide bonds. The molecule has 0 unspecified atom stereocenters. The van der Waals surface area contributed by atoms with Gasteiger partial charge in [0.25, 0.3) is 0 Å². The maximum atomic E-state index is 11.9. The number of carbonyl (C=O) groups is 2. The standard InChI is InChI=1S/C14H27N3O3/c1-14(2,3)20-13(19)17-9-5-11(6-10-17)12(18)16-8-4-7-15/h11H,4-10,15H2,1-3H3,(H,16,18). The molecular formula is C14H27N3O3. The summed E-state index contributed by atoms with van der Waals surface area (Å²) in [5.41, 5.74) is 4.91. The van der Waals surface area contributed by atoms with Crippen molar-refractivity contribution in [3.05, 3.63) is 0 Å². The summed E-state index contributed by atoms with van der Waals surface area (Å²) < 4.78 is 5.32. The highest BCUT2D eigenvalue weighted by molar-refractivity contribution is 5.79. The van der Waals surface area contributed by atoms with Gasteiger partial charge in [-0.25, -0.2) is 4.79 Å². The van der Waals surface area contributed by atoms with E-state index in [1.54, 1.807) is 4.90 Å². The molecule has 20 heavy (non-hydrogen) atoms. The predicted octanol–water partition coefficient (Wildman–Crippen LogP) is 1.10. The molecule has 1 aliphatic heterocycles. The number of nitrogens with one attached hydrogen (secondary N) is 1. The van der Waals surface area contributed by atoms with Gasteiger partial charge in [-0.1, -0.05) is 0 Å². The van der Waals surface area contributed by atoms with E-state index in [0.717, 1.165) is 6.42 Å². The zero-order valence-electron chi connectivity index (χ0n) is 12.8. The van der Waals surface area contributed by atoms with Crippen molar-refractivity contribution in [1.29, 1.82) is 0 Å². The monoisotopic (exact) mass is 285 g/mol. The third kappa shape index (κ3) is 5.77. The molecule has 0 radical (unpaired) electrons. The number of rotatable bonds is 4. The smallest absolute Gasteiger partial charge is 0.410 e. The average molecular weight is 285 g/mol. The summed E-state index contributed by atoms with van der Waals surface area (Å²) in [7, 11) is 0. The minimum atomic E-state index is -0.479. The Kier molecular flexibility index (Phi) is 6.26. The van der Waals surface area contributed by atoms with Crippen LogP contribution < -0.4 is 11.1 Å². The van der Waals surface area contributed by atoms with Gasteiger partial charge in [0.1, 0.15) is 5.60 Å². The van der Waals surface area contributed by atoms with Gasteiger partial charge in [-0.2, -0.15) is 0 Å². The first-order chi connectivity index (χ1) is 9.33. The predicted molar refractivity (Wildman–Crippen MR) is 77.2 cm³/mol. The van der Waals surface area contributed by atoms with Gasteiger partial charge in [0, 0.05) is 25.6 Å². The summed E-state index contributed by atoms with van der Waals surface area (Å²) in [4.78, 5) is 25.5. The first-order valence-corrected chi connectivity index (χ1v) is 7.29. The van der Waals surface area contributed by atoms with Gasteiger partial charge in [0.15, 0.2) is 0 Å². The van der Waals surface area contributed by atoms with Crippen LogP contribution in [0.15, 0.2) is 0 Å². The molecule has 0 spiro atoms. The van der Waals surface area contributed by atoms with Crippen molar-refractivity contribution >= 4 is 12.0 Å². The van der Waals surface area contributed by atoms with Gasteiger partial charge in [-0.05, 0) is 46.6 Å². The number of ether oxygens (including phenoxy) is 1. The second kappa shape index (κ2) is 7.47. The summed E-state index contributed by atoms with van der Waals surface area (Å²) in [6.07, 6.45) is 1.88. The lowest BCUT2D eigenvalue weighted by atomic mass is 9.96. The molecule has 1 fully saturated rings. The molecule has 6 heteroatoms. The first-order valence-electron chi connectivity index (χ1n) is 7.29. The number of piperidine rings is 1. The van der Waals surface area contributed by atoms with Crippen LogP contribution in [0.3, 0.4) is 0 Å². The van der Waals surface area contributed by atoms with Gasteiger partial charge in [-0.15, -0.1) is 0 Å².